The lowest BCUT2D eigenvalue weighted by Gasteiger charge is -2.39. The highest BCUT2D eigenvalue weighted by atomic mass is 16.5. The fourth-order valence-corrected chi connectivity index (χ4v) is 2.73. The smallest absolute Gasteiger partial charge is 0.311 e. The number of methoxy groups -OCH3 is 1. The largest absolute Gasteiger partial charge is 0.469 e. The Morgan fingerprint density at radius 2 is 2.05 bits per heavy atom. The van der Waals surface area contributed by atoms with Crippen LogP contribution < -0.4 is 4.90 Å². The van der Waals surface area contributed by atoms with Gasteiger partial charge < -0.3 is 9.64 Å². The first-order chi connectivity index (χ1) is 9.45. The summed E-state index contributed by atoms with van der Waals surface area (Å²) in [5, 5.41) is 0. The number of esters is 1. The molecule has 0 amide bonds. The molecule has 0 radical (unpaired) electrons. The van der Waals surface area contributed by atoms with Crippen molar-refractivity contribution in [3.05, 3.63) is 18.0 Å². The summed E-state index contributed by atoms with van der Waals surface area (Å²) in [6.45, 7) is 7.64. The number of carbonyl (C=O) groups is 1. The Morgan fingerprint density at radius 1 is 1.40 bits per heavy atom. The molecule has 0 N–H and O–H groups in total. The summed E-state index contributed by atoms with van der Waals surface area (Å²) < 4.78 is 4.94. The van der Waals surface area contributed by atoms with E-state index in [1.807, 2.05) is 33.2 Å². The molecule has 1 aromatic heterocycles. The summed E-state index contributed by atoms with van der Waals surface area (Å²) in [6.07, 6.45) is 5.74. The summed E-state index contributed by atoms with van der Waals surface area (Å²) in [7, 11) is 1.45. The van der Waals surface area contributed by atoms with Gasteiger partial charge in [-0.05, 0) is 45.1 Å². The molecule has 0 aliphatic carbocycles. The second kappa shape index (κ2) is 5.77. The molecule has 1 saturated heterocycles. The van der Waals surface area contributed by atoms with Gasteiger partial charge >= 0.3 is 5.97 Å². The number of aryl methyl sites for hydroxylation is 1. The number of aromatic nitrogens is 2. The van der Waals surface area contributed by atoms with Gasteiger partial charge in [-0.1, -0.05) is 0 Å². The highest BCUT2D eigenvalue weighted by molar-refractivity contribution is 5.76. The van der Waals surface area contributed by atoms with Crippen molar-refractivity contribution in [2.45, 2.75) is 33.6 Å². The van der Waals surface area contributed by atoms with Crippen LogP contribution in [0.1, 0.15) is 32.3 Å². The van der Waals surface area contributed by atoms with Gasteiger partial charge in [-0.15, -0.1) is 0 Å². The fourth-order valence-electron chi connectivity index (χ4n) is 2.73. The molecule has 0 saturated carbocycles. The number of ether oxygens (including phenoxy) is 1. The average Bonchev–Trinajstić information content (AvgIpc) is 2.47. The zero-order valence-electron chi connectivity index (χ0n) is 12.7. The maximum absolute atomic E-state index is 11.9. The second-order valence-corrected chi connectivity index (χ2v) is 6.06. The Hall–Kier alpha value is -1.65. The zero-order valence-corrected chi connectivity index (χ0v) is 12.7. The number of rotatable bonds is 3. The van der Waals surface area contributed by atoms with Crippen LogP contribution in [0.2, 0.25) is 0 Å². The first-order valence-corrected chi connectivity index (χ1v) is 7.07. The molecule has 1 fully saturated rings. The van der Waals surface area contributed by atoms with E-state index in [1.54, 1.807) is 0 Å². The average molecular weight is 277 g/mol. The molecule has 1 aliphatic rings. The van der Waals surface area contributed by atoms with Crippen molar-refractivity contribution in [1.29, 1.82) is 0 Å². The summed E-state index contributed by atoms with van der Waals surface area (Å²) in [5.41, 5.74) is 0.579. The molecular formula is C15H23N3O2. The number of piperidine rings is 1. The third kappa shape index (κ3) is 2.92. The van der Waals surface area contributed by atoms with E-state index in [0.717, 1.165) is 37.4 Å². The lowest BCUT2D eigenvalue weighted by Crippen LogP contribution is -2.45. The molecule has 5 heteroatoms. The third-order valence-corrected chi connectivity index (χ3v) is 4.20. The van der Waals surface area contributed by atoms with E-state index >= 15 is 0 Å². The van der Waals surface area contributed by atoms with Crippen LogP contribution in [0.25, 0.3) is 0 Å². The van der Waals surface area contributed by atoms with Crippen LogP contribution in [-0.2, 0) is 9.53 Å². The van der Waals surface area contributed by atoms with Gasteiger partial charge in [-0.2, -0.15) is 0 Å². The molecule has 0 bridgehead atoms. The van der Waals surface area contributed by atoms with Crippen molar-refractivity contribution in [1.82, 2.24) is 9.97 Å². The fraction of sp³-hybridized carbons (Fsp3) is 0.667. The summed E-state index contributed by atoms with van der Waals surface area (Å²) >= 11 is 0. The van der Waals surface area contributed by atoms with Gasteiger partial charge in [0.2, 0.25) is 5.95 Å². The first kappa shape index (κ1) is 14.8. The summed E-state index contributed by atoms with van der Waals surface area (Å²) in [5.74, 6) is 0.865. The van der Waals surface area contributed by atoms with Crippen LogP contribution in [-0.4, -0.2) is 36.1 Å². The minimum Gasteiger partial charge on any atom is -0.469 e. The van der Waals surface area contributed by atoms with Crippen molar-refractivity contribution < 1.29 is 9.53 Å². The van der Waals surface area contributed by atoms with Crippen molar-refractivity contribution in [3.8, 4) is 0 Å². The first-order valence-electron chi connectivity index (χ1n) is 7.07. The van der Waals surface area contributed by atoms with Crippen molar-refractivity contribution in [2.75, 3.05) is 25.1 Å². The quantitative estimate of drug-likeness (QED) is 0.793. The van der Waals surface area contributed by atoms with Gasteiger partial charge in [0.15, 0.2) is 0 Å². The van der Waals surface area contributed by atoms with E-state index in [9.17, 15) is 4.79 Å². The van der Waals surface area contributed by atoms with Crippen molar-refractivity contribution in [2.24, 2.45) is 11.3 Å². The summed E-state index contributed by atoms with van der Waals surface area (Å²) in [4.78, 5) is 22.9. The molecule has 1 aromatic rings. The number of carbonyl (C=O) groups excluding carboxylic acids is 1. The van der Waals surface area contributed by atoms with Gasteiger partial charge in [-0.25, -0.2) is 9.97 Å². The molecule has 0 aromatic carbocycles. The Kier molecular flexibility index (Phi) is 4.26. The molecular weight excluding hydrogens is 254 g/mol. The predicted octanol–water partition coefficient (Wildman–Crippen LogP) is 2.20. The van der Waals surface area contributed by atoms with Gasteiger partial charge in [0.25, 0.3) is 0 Å². The Morgan fingerprint density at radius 3 is 2.65 bits per heavy atom. The van der Waals surface area contributed by atoms with E-state index in [4.69, 9.17) is 4.74 Å². The number of nitrogens with zero attached hydrogens (tertiary/aromatic N) is 3. The van der Waals surface area contributed by atoms with Crippen molar-refractivity contribution in [3.63, 3.8) is 0 Å². The van der Waals surface area contributed by atoms with Crippen LogP contribution in [0.5, 0.6) is 0 Å². The number of hydrogen-bond donors (Lipinski definition) is 0. The Balaban J connectivity index is 2.12. The van der Waals surface area contributed by atoms with E-state index in [1.165, 1.54) is 7.11 Å². The van der Waals surface area contributed by atoms with Crippen LogP contribution in [0.4, 0.5) is 5.95 Å². The van der Waals surface area contributed by atoms with E-state index in [2.05, 4.69) is 14.9 Å². The zero-order chi connectivity index (χ0) is 14.8. The molecule has 2 rings (SSSR count). The SMILES string of the molecule is COC(=O)C(C)(C)C1CCCN(c2ncc(C)cn2)C1. The molecule has 1 unspecified atom stereocenters. The van der Waals surface area contributed by atoms with Crippen molar-refractivity contribution >= 4 is 11.9 Å². The highest BCUT2D eigenvalue weighted by Crippen LogP contribution is 2.35. The lowest BCUT2D eigenvalue weighted by atomic mass is 9.74. The Bertz CT molecular complexity index is 471. The van der Waals surface area contributed by atoms with Gasteiger partial charge in [-0.3, -0.25) is 4.79 Å². The van der Waals surface area contributed by atoms with E-state index < -0.39 is 5.41 Å². The molecule has 20 heavy (non-hydrogen) atoms. The number of hydrogen-bond acceptors (Lipinski definition) is 5. The van der Waals surface area contributed by atoms with Crippen LogP contribution >= 0.6 is 0 Å². The standard InChI is InChI=1S/C15H23N3O2/c1-11-8-16-14(17-9-11)18-7-5-6-12(10-18)15(2,3)13(19)20-4/h8-9,12H,5-7,10H2,1-4H3. The number of anilines is 1. The molecule has 5 nitrogen and oxygen atoms in total. The van der Waals surface area contributed by atoms with Crippen LogP contribution in [0.3, 0.4) is 0 Å². The molecule has 1 atom stereocenters. The van der Waals surface area contributed by atoms with Crippen LogP contribution in [0, 0.1) is 18.3 Å². The molecule has 1 aliphatic heterocycles. The Labute approximate surface area is 120 Å². The second-order valence-electron chi connectivity index (χ2n) is 6.06. The predicted molar refractivity (Wildman–Crippen MR) is 77.5 cm³/mol. The van der Waals surface area contributed by atoms with E-state index in [-0.39, 0.29) is 11.9 Å². The lowest BCUT2D eigenvalue weighted by molar-refractivity contribution is -0.154. The van der Waals surface area contributed by atoms with E-state index in [0.29, 0.717) is 0 Å². The monoisotopic (exact) mass is 277 g/mol. The van der Waals surface area contributed by atoms with Gasteiger partial charge in [0, 0.05) is 25.5 Å². The minimum absolute atomic E-state index is 0.144. The topological polar surface area (TPSA) is 55.3 Å². The maximum Gasteiger partial charge on any atom is 0.311 e. The van der Waals surface area contributed by atoms with Gasteiger partial charge in [0.05, 0.1) is 12.5 Å². The van der Waals surface area contributed by atoms with Crippen LogP contribution in [0.15, 0.2) is 12.4 Å². The maximum atomic E-state index is 11.9. The highest BCUT2D eigenvalue weighted by Gasteiger charge is 2.40. The molecule has 0 spiro atoms. The minimum atomic E-state index is -0.474. The molecule has 110 valence electrons. The van der Waals surface area contributed by atoms with Gasteiger partial charge in [0.1, 0.15) is 0 Å². The third-order valence-electron chi connectivity index (χ3n) is 4.20. The molecule has 2 heterocycles. The summed E-state index contributed by atoms with van der Waals surface area (Å²) in [6, 6.07) is 0. The normalized spacial score (nSPS) is 19.8.